The lowest BCUT2D eigenvalue weighted by atomic mass is 10.1. The average Bonchev–Trinajstić information content (AvgIpc) is 2.96. The number of hydrogen-bond acceptors (Lipinski definition) is 5. The second kappa shape index (κ2) is 10.1. The van der Waals surface area contributed by atoms with Crippen molar-refractivity contribution in [3.8, 4) is 5.75 Å². The molecule has 132 valence electrons. The fourth-order valence-electron chi connectivity index (χ4n) is 2.13. The summed E-state index contributed by atoms with van der Waals surface area (Å²) >= 11 is 0. The molecule has 0 saturated heterocycles. The first-order chi connectivity index (χ1) is 11.1. The molecule has 24 heavy (non-hydrogen) atoms. The van der Waals surface area contributed by atoms with E-state index < -0.39 is 0 Å². The second-order valence-corrected chi connectivity index (χ2v) is 5.15. The van der Waals surface area contributed by atoms with Gasteiger partial charge in [0, 0.05) is 32.1 Å². The van der Waals surface area contributed by atoms with E-state index in [2.05, 4.69) is 37.9 Å². The number of aryl methyl sites for hydroxylation is 2. The molecule has 1 aromatic heterocycles. The number of nitrogens with zero attached hydrogens (tertiary/aromatic N) is 3. The van der Waals surface area contributed by atoms with Gasteiger partial charge in [-0.25, -0.2) is 0 Å². The molecule has 1 aromatic carbocycles. The molecule has 1 heterocycles. The maximum atomic E-state index is 5.41. The highest BCUT2D eigenvalue weighted by Crippen LogP contribution is 2.19. The van der Waals surface area contributed by atoms with Crippen molar-refractivity contribution in [2.45, 2.75) is 26.8 Å². The summed E-state index contributed by atoms with van der Waals surface area (Å²) in [5.41, 5.74) is 2.25. The molecule has 0 atom stereocenters. The topological polar surface area (TPSA) is 84.6 Å². The summed E-state index contributed by atoms with van der Waals surface area (Å²) in [6.45, 7) is 5.13. The molecule has 0 unspecified atom stereocenters. The number of aliphatic imine (C=N–C) groups is 1. The zero-order valence-corrected chi connectivity index (χ0v) is 16.8. The van der Waals surface area contributed by atoms with E-state index in [0.717, 1.165) is 11.3 Å². The number of halogens is 1. The van der Waals surface area contributed by atoms with Crippen LogP contribution in [0.15, 0.2) is 27.7 Å². The van der Waals surface area contributed by atoms with Gasteiger partial charge < -0.3 is 19.9 Å². The summed E-state index contributed by atoms with van der Waals surface area (Å²) in [5.74, 6) is 2.85. The maximum absolute atomic E-state index is 5.41. The van der Waals surface area contributed by atoms with Gasteiger partial charge in [-0.05, 0) is 25.5 Å². The molecule has 0 aliphatic carbocycles. The van der Waals surface area contributed by atoms with Gasteiger partial charge in [0.05, 0.1) is 7.11 Å². The lowest BCUT2D eigenvalue weighted by Gasteiger charge is -2.13. The number of methoxy groups -OCH3 is 1. The van der Waals surface area contributed by atoms with E-state index in [0.29, 0.717) is 37.2 Å². The zero-order chi connectivity index (χ0) is 16.7. The molecule has 0 saturated carbocycles. The molecule has 0 fully saturated rings. The van der Waals surface area contributed by atoms with Crippen LogP contribution in [0.2, 0.25) is 0 Å². The van der Waals surface area contributed by atoms with Crippen LogP contribution in [-0.4, -0.2) is 36.8 Å². The van der Waals surface area contributed by atoms with Gasteiger partial charge in [-0.3, -0.25) is 4.99 Å². The van der Waals surface area contributed by atoms with Crippen molar-refractivity contribution in [2.75, 3.05) is 20.7 Å². The van der Waals surface area contributed by atoms with Crippen molar-refractivity contribution in [2.24, 2.45) is 4.99 Å². The lowest BCUT2D eigenvalue weighted by molar-refractivity contribution is 0.374. The first-order valence-electron chi connectivity index (χ1n) is 7.49. The molecule has 0 aliphatic rings. The number of rotatable bonds is 6. The molecular weight excluding hydrogens is 421 g/mol. The van der Waals surface area contributed by atoms with Crippen LogP contribution >= 0.6 is 24.0 Å². The van der Waals surface area contributed by atoms with Crippen LogP contribution in [0.5, 0.6) is 5.75 Å². The highest BCUT2D eigenvalue weighted by molar-refractivity contribution is 14.0. The van der Waals surface area contributed by atoms with Crippen molar-refractivity contribution in [1.82, 2.24) is 20.8 Å². The Balaban J connectivity index is 0.00000288. The summed E-state index contributed by atoms with van der Waals surface area (Å²) < 4.78 is 10.5. The van der Waals surface area contributed by atoms with E-state index in [1.807, 2.05) is 13.0 Å². The van der Waals surface area contributed by atoms with Gasteiger partial charge in [0.25, 0.3) is 0 Å². The molecule has 0 spiro atoms. The van der Waals surface area contributed by atoms with Crippen LogP contribution < -0.4 is 15.4 Å². The maximum Gasteiger partial charge on any atom is 0.228 e. The number of benzene rings is 1. The highest BCUT2D eigenvalue weighted by Gasteiger charge is 2.06. The van der Waals surface area contributed by atoms with Crippen LogP contribution in [0.1, 0.15) is 22.8 Å². The second-order valence-electron chi connectivity index (χ2n) is 5.15. The minimum atomic E-state index is 0. The van der Waals surface area contributed by atoms with Gasteiger partial charge >= 0.3 is 0 Å². The van der Waals surface area contributed by atoms with Crippen LogP contribution in [0.4, 0.5) is 0 Å². The normalized spacial score (nSPS) is 10.9. The molecule has 2 N–H and O–H groups in total. The van der Waals surface area contributed by atoms with E-state index >= 15 is 0 Å². The average molecular weight is 445 g/mol. The largest absolute Gasteiger partial charge is 0.496 e. The Bertz CT molecular complexity index is 672. The third-order valence-electron chi connectivity index (χ3n) is 3.31. The standard InChI is InChI=1S/C16H23N5O2.HI/c1-11-5-6-13(14(9-11)22-4)10-19-16(17-3)18-8-7-15-20-12(2)21-23-15;/h5-6,9H,7-8,10H2,1-4H3,(H2,17,18,19);1H. The quantitative estimate of drug-likeness (QED) is 0.403. The summed E-state index contributed by atoms with van der Waals surface area (Å²) in [6.07, 6.45) is 0.648. The molecule has 2 rings (SSSR count). The van der Waals surface area contributed by atoms with Crippen molar-refractivity contribution < 1.29 is 9.26 Å². The van der Waals surface area contributed by atoms with E-state index in [4.69, 9.17) is 9.26 Å². The van der Waals surface area contributed by atoms with Gasteiger partial charge in [0.1, 0.15) is 5.75 Å². The molecular formula is C16H24IN5O2. The minimum Gasteiger partial charge on any atom is -0.496 e. The Morgan fingerprint density at radius 3 is 2.71 bits per heavy atom. The zero-order valence-electron chi connectivity index (χ0n) is 14.4. The van der Waals surface area contributed by atoms with E-state index in [1.54, 1.807) is 21.1 Å². The third-order valence-corrected chi connectivity index (χ3v) is 3.31. The Kier molecular flexibility index (Phi) is 8.51. The van der Waals surface area contributed by atoms with Crippen LogP contribution in [0.3, 0.4) is 0 Å². The minimum absolute atomic E-state index is 0. The summed E-state index contributed by atoms with van der Waals surface area (Å²) in [7, 11) is 3.41. The fourth-order valence-corrected chi connectivity index (χ4v) is 2.13. The van der Waals surface area contributed by atoms with Crippen LogP contribution in [-0.2, 0) is 13.0 Å². The van der Waals surface area contributed by atoms with Crippen molar-refractivity contribution in [1.29, 1.82) is 0 Å². The highest BCUT2D eigenvalue weighted by atomic mass is 127. The monoisotopic (exact) mass is 445 g/mol. The van der Waals surface area contributed by atoms with Crippen LogP contribution in [0.25, 0.3) is 0 Å². The van der Waals surface area contributed by atoms with Crippen molar-refractivity contribution in [3.63, 3.8) is 0 Å². The van der Waals surface area contributed by atoms with E-state index in [1.165, 1.54) is 5.56 Å². The molecule has 8 heteroatoms. The molecule has 0 aliphatic heterocycles. The van der Waals surface area contributed by atoms with Crippen molar-refractivity contribution >= 4 is 29.9 Å². The first kappa shape index (κ1) is 20.2. The van der Waals surface area contributed by atoms with Gasteiger partial charge in [-0.15, -0.1) is 24.0 Å². The summed E-state index contributed by atoms with van der Waals surface area (Å²) in [6, 6.07) is 6.13. The predicted octanol–water partition coefficient (Wildman–Crippen LogP) is 2.22. The van der Waals surface area contributed by atoms with Gasteiger partial charge in [0.15, 0.2) is 11.8 Å². The lowest BCUT2D eigenvalue weighted by Crippen LogP contribution is -2.37. The number of guanidine groups is 1. The predicted molar refractivity (Wildman–Crippen MR) is 104 cm³/mol. The number of nitrogens with one attached hydrogen (secondary N) is 2. The molecule has 0 amide bonds. The van der Waals surface area contributed by atoms with Gasteiger partial charge in [0.2, 0.25) is 5.89 Å². The summed E-state index contributed by atoms with van der Waals surface area (Å²) in [5, 5.41) is 10.2. The molecule has 7 nitrogen and oxygen atoms in total. The smallest absolute Gasteiger partial charge is 0.228 e. The number of hydrogen-bond donors (Lipinski definition) is 2. The molecule has 0 radical (unpaired) electrons. The fraction of sp³-hybridized carbons (Fsp3) is 0.438. The van der Waals surface area contributed by atoms with E-state index in [-0.39, 0.29) is 24.0 Å². The first-order valence-corrected chi connectivity index (χ1v) is 7.49. The number of ether oxygens (including phenoxy) is 1. The molecule has 0 bridgehead atoms. The summed E-state index contributed by atoms with van der Waals surface area (Å²) in [4.78, 5) is 8.36. The van der Waals surface area contributed by atoms with Crippen molar-refractivity contribution in [3.05, 3.63) is 41.0 Å². The Morgan fingerprint density at radius 2 is 2.08 bits per heavy atom. The van der Waals surface area contributed by atoms with Crippen LogP contribution in [0, 0.1) is 13.8 Å². The van der Waals surface area contributed by atoms with Gasteiger partial charge in [-0.2, -0.15) is 4.98 Å². The Labute approximate surface area is 159 Å². The third kappa shape index (κ3) is 5.99. The Morgan fingerprint density at radius 1 is 1.29 bits per heavy atom. The number of aromatic nitrogens is 2. The Hall–Kier alpha value is -1.84. The SMILES string of the molecule is CN=C(NCCc1nc(C)no1)NCc1ccc(C)cc1OC.I. The molecule has 2 aromatic rings. The van der Waals surface area contributed by atoms with Gasteiger partial charge in [-0.1, -0.05) is 17.3 Å². The van der Waals surface area contributed by atoms with E-state index in [9.17, 15) is 0 Å².